The summed E-state index contributed by atoms with van der Waals surface area (Å²) in [5.41, 5.74) is 8.62. The van der Waals surface area contributed by atoms with Crippen molar-refractivity contribution in [3.05, 3.63) is 89.5 Å². The van der Waals surface area contributed by atoms with E-state index >= 15 is 0 Å². The molecule has 3 aromatic carbocycles. The highest BCUT2D eigenvalue weighted by Crippen LogP contribution is 2.32. The van der Waals surface area contributed by atoms with Gasteiger partial charge in [-0.15, -0.1) is 0 Å². The second-order valence-electron chi connectivity index (χ2n) is 6.87. The molecule has 3 rings (SSSR count). The van der Waals surface area contributed by atoms with Crippen molar-refractivity contribution in [3.63, 3.8) is 0 Å². The number of amidine groups is 1. The second-order valence-corrected chi connectivity index (χ2v) is 6.87. The van der Waals surface area contributed by atoms with Gasteiger partial charge in [0.2, 0.25) is 5.91 Å². The second kappa shape index (κ2) is 10.2. The number of anilines is 1. The summed E-state index contributed by atoms with van der Waals surface area (Å²) in [7, 11) is 3.15. The maximum atomic E-state index is 12.6. The monoisotopic (exact) mass is 418 g/mol. The molecule has 160 valence electrons. The number of carbonyl (C=O) groups is 1. The van der Waals surface area contributed by atoms with Crippen molar-refractivity contribution < 1.29 is 14.3 Å². The zero-order valence-corrected chi connectivity index (χ0v) is 17.5. The molecule has 3 aromatic rings. The maximum Gasteiger partial charge on any atom is 0.246 e. The van der Waals surface area contributed by atoms with Gasteiger partial charge in [0.15, 0.2) is 11.5 Å². The number of nitrogens with two attached hydrogens (primary N) is 1. The zero-order valence-electron chi connectivity index (χ0n) is 17.5. The van der Waals surface area contributed by atoms with Crippen LogP contribution in [0, 0.1) is 5.41 Å². The molecule has 0 aliphatic heterocycles. The van der Waals surface area contributed by atoms with Gasteiger partial charge >= 0.3 is 0 Å². The summed E-state index contributed by atoms with van der Waals surface area (Å²) in [4.78, 5) is 12.6. The number of ether oxygens (including phenoxy) is 2. The van der Waals surface area contributed by atoms with Gasteiger partial charge in [0.25, 0.3) is 0 Å². The van der Waals surface area contributed by atoms with Crippen LogP contribution in [-0.2, 0) is 11.4 Å². The maximum absolute atomic E-state index is 12.6. The summed E-state index contributed by atoms with van der Waals surface area (Å²) < 4.78 is 11.4. The molecule has 0 aliphatic carbocycles. The molecule has 31 heavy (non-hydrogen) atoms. The van der Waals surface area contributed by atoms with E-state index in [1.165, 1.54) is 0 Å². The van der Waals surface area contributed by atoms with Gasteiger partial charge in [-0.3, -0.25) is 10.2 Å². The first kappa shape index (κ1) is 21.7. The third kappa shape index (κ3) is 5.54. The number of carbonyl (C=O) groups excluding carboxylic acids is 1. The lowest BCUT2D eigenvalue weighted by atomic mass is 10.0. The van der Waals surface area contributed by atoms with Gasteiger partial charge in [-0.05, 0) is 47.5 Å². The molecule has 7 heteroatoms. The van der Waals surface area contributed by atoms with Crippen LogP contribution in [-0.4, -0.2) is 25.9 Å². The summed E-state index contributed by atoms with van der Waals surface area (Å²) in [6.45, 7) is 0.413. The molecule has 0 saturated heterocycles. The van der Waals surface area contributed by atoms with E-state index in [4.69, 9.17) is 20.6 Å². The van der Waals surface area contributed by atoms with Crippen LogP contribution >= 0.6 is 0 Å². The third-order valence-corrected chi connectivity index (χ3v) is 4.77. The molecule has 0 heterocycles. The molecule has 0 aliphatic rings. The topological polar surface area (TPSA) is 109 Å². The lowest BCUT2D eigenvalue weighted by Crippen LogP contribution is -2.30. The Morgan fingerprint density at radius 3 is 2.35 bits per heavy atom. The fourth-order valence-electron chi connectivity index (χ4n) is 3.08. The fourth-order valence-corrected chi connectivity index (χ4v) is 3.08. The molecule has 1 atom stereocenters. The molecule has 0 radical (unpaired) electrons. The van der Waals surface area contributed by atoms with Crippen LogP contribution < -0.4 is 25.8 Å². The number of nitrogens with one attached hydrogen (secondary N) is 3. The fraction of sp³-hybridized carbons (Fsp3) is 0.167. The predicted octanol–water partition coefficient (Wildman–Crippen LogP) is 3.46. The van der Waals surface area contributed by atoms with E-state index in [2.05, 4.69) is 10.6 Å². The quantitative estimate of drug-likeness (QED) is 0.314. The highest BCUT2D eigenvalue weighted by atomic mass is 16.5. The van der Waals surface area contributed by atoms with E-state index in [1.807, 2.05) is 36.4 Å². The number of rotatable bonds is 9. The Kier molecular flexibility index (Phi) is 7.11. The normalized spacial score (nSPS) is 11.3. The van der Waals surface area contributed by atoms with Crippen LogP contribution in [0.25, 0.3) is 0 Å². The third-order valence-electron chi connectivity index (χ3n) is 4.77. The summed E-state index contributed by atoms with van der Waals surface area (Å²) in [6.07, 6.45) is 0. The number of hydrogen-bond donors (Lipinski definition) is 4. The Morgan fingerprint density at radius 1 is 1.03 bits per heavy atom. The van der Waals surface area contributed by atoms with Crippen molar-refractivity contribution in [1.82, 2.24) is 5.32 Å². The van der Waals surface area contributed by atoms with Crippen LogP contribution in [0.4, 0.5) is 5.69 Å². The number of hydrogen-bond acceptors (Lipinski definition) is 5. The first-order chi connectivity index (χ1) is 15.0. The summed E-state index contributed by atoms with van der Waals surface area (Å²) in [5, 5.41) is 13.4. The Morgan fingerprint density at radius 2 is 1.74 bits per heavy atom. The Hall–Kier alpha value is -4.00. The minimum atomic E-state index is -0.648. The van der Waals surface area contributed by atoms with E-state index in [9.17, 15) is 4.79 Å². The average Bonchev–Trinajstić information content (AvgIpc) is 2.81. The lowest BCUT2D eigenvalue weighted by Gasteiger charge is -2.21. The first-order valence-electron chi connectivity index (χ1n) is 9.79. The molecule has 0 aromatic heterocycles. The Labute approximate surface area is 181 Å². The van der Waals surface area contributed by atoms with Gasteiger partial charge in [-0.2, -0.15) is 0 Å². The highest BCUT2D eigenvalue weighted by Gasteiger charge is 2.21. The molecule has 0 spiro atoms. The average molecular weight is 418 g/mol. The van der Waals surface area contributed by atoms with Crippen LogP contribution in [0.15, 0.2) is 72.8 Å². The van der Waals surface area contributed by atoms with Crippen molar-refractivity contribution in [1.29, 1.82) is 5.41 Å². The van der Waals surface area contributed by atoms with Crippen molar-refractivity contribution in [2.24, 2.45) is 5.73 Å². The van der Waals surface area contributed by atoms with E-state index in [1.54, 1.807) is 50.6 Å². The highest BCUT2D eigenvalue weighted by molar-refractivity contribution is 5.95. The zero-order chi connectivity index (χ0) is 22.2. The standard InChI is InChI=1S/C24H26N4O3/c1-27-24(29)22(28-19-11-8-17(9-12-19)23(25)26)18-10-13-20(21(14-18)30-2)31-15-16-6-4-3-5-7-16/h3-14,22,28H,15H2,1-2H3,(H3,25,26)(H,27,29). The number of likely N-dealkylation sites (N-methyl/N-ethyl adjacent to an activating group) is 1. The molecule has 1 amide bonds. The van der Waals surface area contributed by atoms with Crippen molar-refractivity contribution in [3.8, 4) is 11.5 Å². The van der Waals surface area contributed by atoms with Gasteiger partial charge in [0.1, 0.15) is 18.5 Å². The van der Waals surface area contributed by atoms with Gasteiger partial charge in [0, 0.05) is 18.3 Å². The van der Waals surface area contributed by atoms with Crippen molar-refractivity contribution in [2.75, 3.05) is 19.5 Å². The lowest BCUT2D eigenvalue weighted by molar-refractivity contribution is -0.121. The molecule has 7 nitrogen and oxygen atoms in total. The summed E-state index contributed by atoms with van der Waals surface area (Å²) in [6, 6.07) is 21.6. The van der Waals surface area contributed by atoms with Crippen LogP contribution in [0.2, 0.25) is 0 Å². The van der Waals surface area contributed by atoms with Crippen LogP contribution in [0.3, 0.4) is 0 Å². The smallest absolute Gasteiger partial charge is 0.246 e. The van der Waals surface area contributed by atoms with Gasteiger partial charge in [0.05, 0.1) is 7.11 Å². The van der Waals surface area contributed by atoms with Gasteiger partial charge in [-0.25, -0.2) is 0 Å². The molecule has 1 unspecified atom stereocenters. The number of nitrogen functional groups attached to an aromatic ring is 1. The minimum absolute atomic E-state index is 0.00905. The van der Waals surface area contributed by atoms with Crippen LogP contribution in [0.5, 0.6) is 11.5 Å². The number of benzene rings is 3. The summed E-state index contributed by atoms with van der Waals surface area (Å²) in [5.74, 6) is 0.925. The van der Waals surface area contributed by atoms with E-state index < -0.39 is 6.04 Å². The Balaban J connectivity index is 1.81. The molecular weight excluding hydrogens is 392 g/mol. The molecule has 0 fully saturated rings. The van der Waals surface area contributed by atoms with Gasteiger partial charge < -0.3 is 25.8 Å². The largest absolute Gasteiger partial charge is 0.493 e. The first-order valence-corrected chi connectivity index (χ1v) is 9.79. The van der Waals surface area contributed by atoms with Gasteiger partial charge in [-0.1, -0.05) is 36.4 Å². The van der Waals surface area contributed by atoms with Crippen molar-refractivity contribution in [2.45, 2.75) is 12.6 Å². The van der Waals surface area contributed by atoms with Crippen LogP contribution in [0.1, 0.15) is 22.7 Å². The Bertz CT molecular complexity index is 1040. The molecule has 5 N–H and O–H groups in total. The summed E-state index contributed by atoms with van der Waals surface area (Å²) >= 11 is 0. The van der Waals surface area contributed by atoms with E-state index in [0.717, 1.165) is 16.8 Å². The van der Waals surface area contributed by atoms with Crippen molar-refractivity contribution >= 4 is 17.4 Å². The molecule has 0 bridgehead atoms. The SMILES string of the molecule is CNC(=O)C(Nc1ccc(C(=N)N)cc1)c1ccc(OCc2ccccc2)c(OC)c1. The molecular formula is C24H26N4O3. The number of amides is 1. The van der Waals surface area contributed by atoms with E-state index in [-0.39, 0.29) is 11.7 Å². The molecule has 0 saturated carbocycles. The minimum Gasteiger partial charge on any atom is -0.493 e. The number of methoxy groups -OCH3 is 1. The van der Waals surface area contributed by atoms with E-state index in [0.29, 0.717) is 23.7 Å². The predicted molar refractivity (Wildman–Crippen MR) is 122 cm³/mol.